The van der Waals surface area contributed by atoms with Gasteiger partial charge in [-0.05, 0) is 12.8 Å². The van der Waals surface area contributed by atoms with Gasteiger partial charge in [0.15, 0.2) is 5.60 Å². The van der Waals surface area contributed by atoms with Crippen LogP contribution >= 0.6 is 0 Å². The average molecular weight is 280 g/mol. The predicted molar refractivity (Wildman–Crippen MR) is 62.2 cm³/mol. The molecule has 1 heterocycles. The van der Waals surface area contributed by atoms with E-state index in [9.17, 15) is 23.1 Å². The van der Waals surface area contributed by atoms with Crippen molar-refractivity contribution >= 4 is 5.91 Å². The van der Waals surface area contributed by atoms with Crippen LogP contribution < -0.4 is 5.73 Å². The van der Waals surface area contributed by atoms with Crippen LogP contribution in [0.1, 0.15) is 38.5 Å². The van der Waals surface area contributed by atoms with Crippen LogP contribution in [0.15, 0.2) is 0 Å². The fourth-order valence-corrected chi connectivity index (χ4v) is 2.91. The van der Waals surface area contributed by atoms with Gasteiger partial charge in [0.25, 0.3) is 0 Å². The summed E-state index contributed by atoms with van der Waals surface area (Å²) in [4.78, 5) is 13.3. The number of hydrogen-bond acceptors (Lipinski definition) is 3. The van der Waals surface area contributed by atoms with Gasteiger partial charge in [-0.25, -0.2) is 0 Å². The van der Waals surface area contributed by atoms with E-state index in [2.05, 4.69) is 0 Å². The maximum atomic E-state index is 12.7. The van der Waals surface area contributed by atoms with E-state index in [4.69, 9.17) is 5.73 Å². The monoisotopic (exact) mass is 280 g/mol. The smallest absolute Gasteiger partial charge is 0.379 e. The Kier molecular flexibility index (Phi) is 3.55. The summed E-state index contributed by atoms with van der Waals surface area (Å²) in [5.74, 6) is -0.452. The first-order chi connectivity index (χ1) is 8.68. The van der Waals surface area contributed by atoms with Crippen molar-refractivity contribution < 1.29 is 23.1 Å². The standard InChI is InChI=1S/C12H19F3N2O2/c13-12(14,15)11(19)6-7-17(8-11)9(18)10(16)4-2-1-3-5-10/h19H,1-8,16H2. The van der Waals surface area contributed by atoms with E-state index in [1.54, 1.807) is 0 Å². The molecule has 1 aliphatic heterocycles. The number of carbonyl (C=O) groups is 1. The Morgan fingerprint density at radius 1 is 1.16 bits per heavy atom. The third-order valence-electron chi connectivity index (χ3n) is 4.23. The van der Waals surface area contributed by atoms with Gasteiger partial charge < -0.3 is 15.7 Å². The number of amides is 1. The Bertz CT molecular complexity index is 366. The Morgan fingerprint density at radius 3 is 2.21 bits per heavy atom. The number of β-amino-alcohol motifs (C(OH)–C–C–N with tert-alkyl or cyclic N) is 1. The number of nitrogens with two attached hydrogens (primary N) is 1. The molecule has 19 heavy (non-hydrogen) atoms. The fourth-order valence-electron chi connectivity index (χ4n) is 2.91. The molecule has 0 spiro atoms. The van der Waals surface area contributed by atoms with Crippen LogP contribution in [0.25, 0.3) is 0 Å². The van der Waals surface area contributed by atoms with Gasteiger partial charge in [-0.3, -0.25) is 4.79 Å². The molecular weight excluding hydrogens is 261 g/mol. The van der Waals surface area contributed by atoms with Crippen LogP contribution in [0.4, 0.5) is 13.2 Å². The second kappa shape index (κ2) is 4.63. The van der Waals surface area contributed by atoms with Crippen molar-refractivity contribution in [2.75, 3.05) is 13.1 Å². The lowest BCUT2D eigenvalue weighted by Crippen LogP contribution is -2.57. The van der Waals surface area contributed by atoms with Gasteiger partial charge in [0.05, 0.1) is 12.1 Å². The van der Waals surface area contributed by atoms with Gasteiger partial charge in [-0.1, -0.05) is 19.3 Å². The Hall–Kier alpha value is -0.820. The van der Waals surface area contributed by atoms with Gasteiger partial charge in [0.2, 0.25) is 5.91 Å². The number of carbonyl (C=O) groups excluding carboxylic acids is 1. The molecule has 0 radical (unpaired) electrons. The molecule has 7 heteroatoms. The largest absolute Gasteiger partial charge is 0.419 e. The molecule has 1 saturated carbocycles. The highest BCUT2D eigenvalue weighted by Gasteiger charge is 2.58. The van der Waals surface area contributed by atoms with Crippen molar-refractivity contribution in [3.8, 4) is 0 Å². The number of alkyl halides is 3. The van der Waals surface area contributed by atoms with E-state index >= 15 is 0 Å². The van der Waals surface area contributed by atoms with Crippen LogP contribution in [0.2, 0.25) is 0 Å². The molecule has 1 aliphatic carbocycles. The maximum absolute atomic E-state index is 12.7. The summed E-state index contributed by atoms with van der Waals surface area (Å²) in [5.41, 5.74) is 2.20. The highest BCUT2D eigenvalue weighted by Crippen LogP contribution is 2.39. The molecule has 0 aromatic carbocycles. The van der Waals surface area contributed by atoms with E-state index in [-0.39, 0.29) is 6.54 Å². The summed E-state index contributed by atoms with van der Waals surface area (Å²) in [5, 5.41) is 9.57. The van der Waals surface area contributed by atoms with E-state index < -0.39 is 36.2 Å². The molecule has 1 amide bonds. The lowest BCUT2D eigenvalue weighted by atomic mass is 9.81. The molecule has 1 saturated heterocycles. The van der Waals surface area contributed by atoms with E-state index in [1.807, 2.05) is 0 Å². The highest BCUT2D eigenvalue weighted by molar-refractivity contribution is 5.86. The molecule has 1 atom stereocenters. The second-order valence-corrected chi connectivity index (χ2v) is 5.72. The van der Waals surface area contributed by atoms with Crippen LogP contribution in [-0.2, 0) is 4.79 Å². The molecule has 110 valence electrons. The van der Waals surface area contributed by atoms with E-state index in [0.717, 1.165) is 24.2 Å². The summed E-state index contributed by atoms with van der Waals surface area (Å²) in [6.07, 6.45) is -1.54. The van der Waals surface area contributed by atoms with Crippen molar-refractivity contribution in [2.24, 2.45) is 5.73 Å². The Balaban J connectivity index is 2.06. The SMILES string of the molecule is NC1(C(=O)N2CCC(O)(C(F)(F)F)C2)CCCCC1. The molecule has 0 aromatic rings. The van der Waals surface area contributed by atoms with Crippen LogP contribution in [-0.4, -0.2) is 46.3 Å². The number of halogens is 3. The zero-order valence-corrected chi connectivity index (χ0v) is 10.7. The molecule has 0 bridgehead atoms. The molecule has 3 N–H and O–H groups in total. The van der Waals surface area contributed by atoms with Crippen molar-refractivity contribution in [3.05, 3.63) is 0 Å². The number of aliphatic hydroxyl groups is 1. The lowest BCUT2D eigenvalue weighted by Gasteiger charge is -2.36. The Morgan fingerprint density at radius 2 is 1.74 bits per heavy atom. The average Bonchev–Trinajstić information content (AvgIpc) is 2.72. The number of hydrogen-bond donors (Lipinski definition) is 2. The first-order valence-electron chi connectivity index (χ1n) is 6.55. The second-order valence-electron chi connectivity index (χ2n) is 5.72. The van der Waals surface area contributed by atoms with Crippen molar-refractivity contribution in [1.82, 2.24) is 4.90 Å². The number of rotatable bonds is 1. The lowest BCUT2D eigenvalue weighted by molar-refractivity contribution is -0.253. The molecule has 2 aliphatic rings. The first-order valence-corrected chi connectivity index (χ1v) is 6.55. The van der Waals surface area contributed by atoms with Crippen LogP contribution in [0.5, 0.6) is 0 Å². The predicted octanol–water partition coefficient (Wildman–Crippen LogP) is 1.17. The molecule has 0 aromatic heterocycles. The van der Waals surface area contributed by atoms with Crippen molar-refractivity contribution in [1.29, 1.82) is 0 Å². The fraction of sp³-hybridized carbons (Fsp3) is 0.917. The molecule has 2 fully saturated rings. The van der Waals surface area contributed by atoms with E-state index in [1.165, 1.54) is 0 Å². The minimum absolute atomic E-state index is 0.0895. The van der Waals surface area contributed by atoms with Crippen molar-refractivity contribution in [3.63, 3.8) is 0 Å². The molecule has 4 nitrogen and oxygen atoms in total. The minimum atomic E-state index is -4.71. The maximum Gasteiger partial charge on any atom is 0.419 e. The van der Waals surface area contributed by atoms with Gasteiger partial charge in [0.1, 0.15) is 0 Å². The molecule has 1 unspecified atom stereocenters. The normalized spacial score (nSPS) is 31.5. The van der Waals surface area contributed by atoms with Gasteiger partial charge in [-0.15, -0.1) is 0 Å². The summed E-state index contributed by atoms with van der Waals surface area (Å²) < 4.78 is 38.1. The van der Waals surface area contributed by atoms with Gasteiger partial charge in [0, 0.05) is 13.0 Å². The topological polar surface area (TPSA) is 66.6 Å². The van der Waals surface area contributed by atoms with Crippen LogP contribution in [0, 0.1) is 0 Å². The highest BCUT2D eigenvalue weighted by atomic mass is 19.4. The Labute approximate surface area is 109 Å². The molecular formula is C12H19F3N2O2. The summed E-state index contributed by atoms with van der Waals surface area (Å²) in [7, 11) is 0. The third-order valence-corrected chi connectivity index (χ3v) is 4.23. The number of likely N-dealkylation sites (tertiary alicyclic amines) is 1. The minimum Gasteiger partial charge on any atom is -0.379 e. The van der Waals surface area contributed by atoms with Crippen LogP contribution in [0.3, 0.4) is 0 Å². The zero-order valence-electron chi connectivity index (χ0n) is 10.7. The van der Waals surface area contributed by atoms with Gasteiger partial charge in [-0.2, -0.15) is 13.2 Å². The number of nitrogens with zero attached hydrogens (tertiary/aromatic N) is 1. The zero-order chi connectivity index (χ0) is 14.3. The van der Waals surface area contributed by atoms with Gasteiger partial charge >= 0.3 is 6.18 Å². The third kappa shape index (κ3) is 2.58. The molecule has 2 rings (SSSR count). The summed E-state index contributed by atoms with van der Waals surface area (Å²) in [6, 6.07) is 0. The van der Waals surface area contributed by atoms with Crippen molar-refractivity contribution in [2.45, 2.75) is 55.8 Å². The summed E-state index contributed by atoms with van der Waals surface area (Å²) >= 11 is 0. The van der Waals surface area contributed by atoms with E-state index in [0.29, 0.717) is 12.8 Å². The summed E-state index contributed by atoms with van der Waals surface area (Å²) in [6.45, 7) is -0.790. The quantitative estimate of drug-likeness (QED) is 0.758. The first kappa shape index (κ1) is 14.6.